The number of rotatable bonds is 6. The van der Waals surface area contributed by atoms with E-state index < -0.39 is 43.3 Å². The van der Waals surface area contributed by atoms with E-state index in [-0.39, 0.29) is 23.1 Å². The molecule has 22 heteroatoms. The number of halogens is 6. The Morgan fingerprint density at radius 1 is 0.611 bits per heavy atom. The summed E-state index contributed by atoms with van der Waals surface area (Å²) < 4.78 is 126. The SMILES string of the molecule is C[NH2+]C(C(C)=O)C(C)=O.C[NH2+]C(C(C)=O)C(C)=O.O=S(=O)([O-])C(F)(F)F.O=S(=O)([O-])C(F)(F)F.[O]=[Fe]. The van der Waals surface area contributed by atoms with Gasteiger partial charge in [0.1, 0.15) is 0 Å². The Balaban J connectivity index is -0.000000116. The molecule has 0 aromatic rings. The fourth-order valence-corrected chi connectivity index (χ4v) is 1.51. The van der Waals surface area contributed by atoms with E-state index in [0.29, 0.717) is 0 Å². The molecule has 0 aliphatic rings. The molecule has 0 fully saturated rings. The predicted molar refractivity (Wildman–Crippen MR) is 98.2 cm³/mol. The first-order chi connectivity index (χ1) is 15.7. The van der Waals surface area contributed by atoms with Crippen molar-refractivity contribution in [2.75, 3.05) is 14.1 Å². The van der Waals surface area contributed by atoms with Crippen LogP contribution in [0.4, 0.5) is 26.3 Å². The summed E-state index contributed by atoms with van der Waals surface area (Å²) in [4.78, 5) is 42.3. The van der Waals surface area contributed by atoms with Gasteiger partial charge in [0.05, 0.1) is 14.1 Å². The van der Waals surface area contributed by atoms with E-state index in [4.69, 9.17) is 29.8 Å². The Hall–Kier alpha value is -1.68. The molecule has 0 unspecified atom stereocenters. The van der Waals surface area contributed by atoms with Crippen LogP contribution in [0.3, 0.4) is 0 Å². The third-order valence-corrected chi connectivity index (χ3v) is 4.12. The second kappa shape index (κ2) is 19.4. The topological polar surface area (TPSA) is 233 Å². The first-order valence-electron chi connectivity index (χ1n) is 8.48. The van der Waals surface area contributed by atoms with E-state index in [1.165, 1.54) is 27.7 Å². The summed E-state index contributed by atoms with van der Waals surface area (Å²) in [6.45, 7) is 5.69. The zero-order chi connectivity index (χ0) is 30.9. The Labute approximate surface area is 210 Å². The summed E-state index contributed by atoms with van der Waals surface area (Å²) in [6, 6.07) is -0.963. The molecule has 0 aliphatic heterocycles. The first-order valence-corrected chi connectivity index (χ1v) is 11.7. The maximum absolute atomic E-state index is 10.7. The second-order valence-electron chi connectivity index (χ2n) is 5.86. The number of nitrogens with two attached hydrogens (primary N) is 2. The van der Waals surface area contributed by atoms with Gasteiger partial charge in [0, 0.05) is 27.7 Å². The van der Waals surface area contributed by atoms with Gasteiger partial charge in [-0.3, -0.25) is 19.2 Å². The van der Waals surface area contributed by atoms with Crippen molar-refractivity contribution < 1.29 is 102 Å². The van der Waals surface area contributed by atoms with Gasteiger partial charge in [-0.05, 0) is 0 Å². The molecule has 0 spiro atoms. The van der Waals surface area contributed by atoms with Crippen molar-refractivity contribution in [2.24, 2.45) is 0 Å². The molecule has 0 saturated carbocycles. The number of ketones is 4. The number of quaternary nitrogens is 2. The monoisotopic (exact) mass is 630 g/mol. The summed E-state index contributed by atoms with van der Waals surface area (Å²) in [6.07, 6.45) is 0. The van der Waals surface area contributed by atoms with Crippen LogP contribution in [0.15, 0.2) is 0 Å². The molecule has 0 saturated heterocycles. The predicted octanol–water partition coefficient (Wildman–Crippen LogP) is -2.57. The molecule has 0 rings (SSSR count). The van der Waals surface area contributed by atoms with Gasteiger partial charge in [-0.2, -0.15) is 26.3 Å². The summed E-state index contributed by atoms with van der Waals surface area (Å²) in [5.41, 5.74) is -11.3. The third kappa shape index (κ3) is 24.0. The Morgan fingerprint density at radius 2 is 0.722 bits per heavy atom. The van der Waals surface area contributed by atoms with Crippen LogP contribution in [0, 0.1) is 0 Å². The van der Waals surface area contributed by atoms with Crippen molar-refractivity contribution in [3.63, 3.8) is 0 Å². The van der Waals surface area contributed by atoms with Gasteiger partial charge < -0.3 is 19.7 Å². The molecule has 36 heavy (non-hydrogen) atoms. The van der Waals surface area contributed by atoms with Gasteiger partial charge in [-0.25, -0.2) is 16.8 Å². The summed E-state index contributed by atoms with van der Waals surface area (Å²) in [7, 11) is -8.75. The average molecular weight is 630 g/mol. The number of Topliss-reactive ketones (excluding diaryl/α,β-unsaturated/α-hetero) is 4. The number of hydrogen-bond donors (Lipinski definition) is 2. The van der Waals surface area contributed by atoms with E-state index in [2.05, 4.69) is 0 Å². The van der Waals surface area contributed by atoms with E-state index in [1.54, 1.807) is 24.7 Å². The average Bonchev–Trinajstić information content (AvgIpc) is 2.61. The van der Waals surface area contributed by atoms with Crippen LogP contribution in [0.2, 0.25) is 0 Å². The van der Waals surface area contributed by atoms with Crippen molar-refractivity contribution >= 4 is 43.4 Å². The standard InChI is InChI=1S/2C6H11NO2.2CHF3O3S.Fe.O/c2*1-4(8)6(7-3)5(2)9;2*2-1(3,4)8(5,6)7;;/h2*6-7H,1-3H3;2*(H,5,6,7);;. The summed E-state index contributed by atoms with van der Waals surface area (Å²) in [5, 5.41) is 3.23. The van der Waals surface area contributed by atoms with Gasteiger partial charge in [0.25, 0.3) is 0 Å². The molecule has 0 radical (unpaired) electrons. The fraction of sp³-hybridized carbons (Fsp3) is 0.714. The summed E-state index contributed by atoms with van der Waals surface area (Å²) in [5.74, 6) is -0.315. The van der Waals surface area contributed by atoms with E-state index in [9.17, 15) is 45.5 Å². The first kappa shape index (κ1) is 44.3. The third-order valence-electron chi connectivity index (χ3n) is 2.99. The van der Waals surface area contributed by atoms with Gasteiger partial charge in [-0.1, -0.05) is 0 Å². The van der Waals surface area contributed by atoms with Crippen LogP contribution in [0.5, 0.6) is 0 Å². The molecule has 218 valence electrons. The molecule has 0 heterocycles. The minimum absolute atomic E-state index is 0.0787. The van der Waals surface area contributed by atoms with Gasteiger partial charge in [0.15, 0.2) is 43.4 Å². The van der Waals surface area contributed by atoms with Crippen LogP contribution in [-0.2, 0) is 59.2 Å². The van der Waals surface area contributed by atoms with E-state index in [1.807, 2.05) is 15.9 Å². The quantitative estimate of drug-likeness (QED) is 0.102. The molecule has 0 aromatic carbocycles. The molecule has 0 amide bonds. The molecule has 0 atom stereocenters. The van der Waals surface area contributed by atoms with E-state index in [0.717, 1.165) is 0 Å². The van der Waals surface area contributed by atoms with Crippen LogP contribution >= 0.6 is 0 Å². The molecule has 0 aliphatic carbocycles. The molecule has 13 nitrogen and oxygen atoms in total. The normalized spacial score (nSPS) is 11.2. The van der Waals surface area contributed by atoms with Gasteiger partial charge in [0.2, 0.25) is 12.1 Å². The number of carbonyl (C=O) groups excluding carboxylic acids is 4. The minimum atomic E-state index is -6.09. The van der Waals surface area contributed by atoms with Crippen molar-refractivity contribution in [3.05, 3.63) is 0 Å². The molecular formula is C14H24F6FeN2O11S2. The number of hydrogen-bond acceptors (Lipinski definition) is 11. The van der Waals surface area contributed by atoms with Crippen LogP contribution in [0.1, 0.15) is 27.7 Å². The Bertz CT molecular complexity index is 821. The zero-order valence-electron chi connectivity index (χ0n) is 19.2. The van der Waals surface area contributed by atoms with Crippen LogP contribution in [-0.4, -0.2) is 86.3 Å². The molecule has 0 bridgehead atoms. The van der Waals surface area contributed by atoms with Crippen LogP contribution in [0.25, 0.3) is 0 Å². The van der Waals surface area contributed by atoms with Gasteiger partial charge in [-0.15, -0.1) is 0 Å². The Morgan fingerprint density at radius 3 is 0.722 bits per heavy atom. The van der Waals surface area contributed by atoms with Crippen molar-refractivity contribution in [1.82, 2.24) is 0 Å². The van der Waals surface area contributed by atoms with E-state index >= 15 is 0 Å². The Kier molecular flexibility index (Phi) is 23.9. The second-order valence-corrected chi connectivity index (χ2v) is 8.61. The van der Waals surface area contributed by atoms with Gasteiger partial charge >= 0.3 is 30.8 Å². The zero-order valence-corrected chi connectivity index (χ0v) is 22.0. The molecule has 4 N–H and O–H groups in total. The molecular weight excluding hydrogens is 606 g/mol. The van der Waals surface area contributed by atoms with Crippen LogP contribution < -0.4 is 10.6 Å². The number of likely N-dealkylation sites (N-methyl/N-ethyl adjacent to an activating group) is 2. The van der Waals surface area contributed by atoms with Crippen molar-refractivity contribution in [1.29, 1.82) is 0 Å². The maximum atomic E-state index is 10.7. The summed E-state index contributed by atoms with van der Waals surface area (Å²) >= 11 is 2.00. The molecule has 0 aromatic heterocycles. The number of carbonyl (C=O) groups is 4. The number of alkyl halides is 6. The fourth-order valence-electron chi connectivity index (χ4n) is 1.51. The van der Waals surface area contributed by atoms with Crippen molar-refractivity contribution in [2.45, 2.75) is 50.8 Å². The van der Waals surface area contributed by atoms with Crippen molar-refractivity contribution in [3.8, 4) is 0 Å².